The van der Waals surface area contributed by atoms with E-state index in [2.05, 4.69) is 5.32 Å². The van der Waals surface area contributed by atoms with Gasteiger partial charge in [0.05, 0.1) is 5.60 Å². The van der Waals surface area contributed by atoms with Crippen LogP contribution in [0.1, 0.15) is 39.5 Å². The third-order valence-electron chi connectivity index (χ3n) is 2.88. The van der Waals surface area contributed by atoms with Gasteiger partial charge in [-0.15, -0.1) is 0 Å². The van der Waals surface area contributed by atoms with Crippen LogP contribution in [0.15, 0.2) is 0 Å². The van der Waals surface area contributed by atoms with Gasteiger partial charge in [-0.1, -0.05) is 6.92 Å². The first-order chi connectivity index (χ1) is 7.05. The summed E-state index contributed by atoms with van der Waals surface area (Å²) in [5, 5.41) is 12.4. The first-order valence-electron chi connectivity index (χ1n) is 5.67. The van der Waals surface area contributed by atoms with E-state index >= 15 is 0 Å². The molecular formula is C11H21NO3. The second-order valence-electron chi connectivity index (χ2n) is 4.42. The summed E-state index contributed by atoms with van der Waals surface area (Å²) >= 11 is 0. The average molecular weight is 215 g/mol. The Morgan fingerprint density at radius 3 is 2.87 bits per heavy atom. The van der Waals surface area contributed by atoms with E-state index in [0.717, 1.165) is 19.3 Å². The molecule has 2 atom stereocenters. The van der Waals surface area contributed by atoms with Gasteiger partial charge in [0.25, 0.3) is 0 Å². The van der Waals surface area contributed by atoms with E-state index in [-0.39, 0.29) is 12.0 Å². The number of nitrogens with one attached hydrogen (secondary N) is 1. The smallest absolute Gasteiger partial charge is 0.249 e. The van der Waals surface area contributed by atoms with Crippen molar-refractivity contribution in [2.24, 2.45) is 0 Å². The minimum absolute atomic E-state index is 0.0941. The van der Waals surface area contributed by atoms with Crippen molar-refractivity contribution in [3.63, 3.8) is 0 Å². The summed E-state index contributed by atoms with van der Waals surface area (Å²) < 4.78 is 5.34. The molecule has 88 valence electrons. The lowest BCUT2D eigenvalue weighted by Crippen LogP contribution is -2.45. The van der Waals surface area contributed by atoms with Crippen molar-refractivity contribution < 1.29 is 14.6 Å². The van der Waals surface area contributed by atoms with Crippen LogP contribution >= 0.6 is 0 Å². The Hall–Kier alpha value is -0.610. The van der Waals surface area contributed by atoms with Crippen LogP contribution in [0.2, 0.25) is 0 Å². The Morgan fingerprint density at radius 2 is 2.33 bits per heavy atom. The fraction of sp³-hybridized carbons (Fsp3) is 0.909. The van der Waals surface area contributed by atoms with Crippen LogP contribution in [0.25, 0.3) is 0 Å². The molecule has 4 nitrogen and oxygen atoms in total. The predicted octanol–water partition coefficient (Wildman–Crippen LogP) is 0.833. The van der Waals surface area contributed by atoms with Gasteiger partial charge in [-0.25, -0.2) is 0 Å². The van der Waals surface area contributed by atoms with Gasteiger partial charge in [0, 0.05) is 13.2 Å². The number of carbonyl (C=O) groups excluding carboxylic acids is 1. The van der Waals surface area contributed by atoms with E-state index in [1.54, 1.807) is 6.92 Å². The highest BCUT2D eigenvalue weighted by atomic mass is 16.5. The number of hydrogen-bond donors (Lipinski definition) is 2. The second-order valence-corrected chi connectivity index (χ2v) is 4.42. The van der Waals surface area contributed by atoms with E-state index in [1.165, 1.54) is 0 Å². The van der Waals surface area contributed by atoms with Crippen LogP contribution in [0.5, 0.6) is 0 Å². The summed E-state index contributed by atoms with van der Waals surface area (Å²) in [6, 6.07) is 0. The Balaban J connectivity index is 2.28. The Morgan fingerprint density at radius 1 is 1.60 bits per heavy atom. The lowest BCUT2D eigenvalue weighted by atomic mass is 10.0. The highest BCUT2D eigenvalue weighted by Crippen LogP contribution is 2.13. The maximum Gasteiger partial charge on any atom is 0.249 e. The predicted molar refractivity (Wildman–Crippen MR) is 57.5 cm³/mol. The van der Waals surface area contributed by atoms with Gasteiger partial charge < -0.3 is 15.2 Å². The zero-order valence-electron chi connectivity index (χ0n) is 9.58. The fourth-order valence-corrected chi connectivity index (χ4v) is 1.46. The summed E-state index contributed by atoms with van der Waals surface area (Å²) in [4.78, 5) is 11.6. The van der Waals surface area contributed by atoms with Crippen molar-refractivity contribution in [3.8, 4) is 0 Å². The fourth-order valence-electron chi connectivity index (χ4n) is 1.46. The normalized spacial score (nSPS) is 25.7. The molecule has 1 fully saturated rings. The number of amides is 1. The average Bonchev–Trinajstić information content (AvgIpc) is 2.27. The van der Waals surface area contributed by atoms with E-state index in [9.17, 15) is 9.90 Å². The highest BCUT2D eigenvalue weighted by molar-refractivity contribution is 5.80. The molecule has 2 unspecified atom stereocenters. The summed E-state index contributed by atoms with van der Waals surface area (Å²) in [7, 11) is 0. The number of carbonyl (C=O) groups is 1. The molecule has 2 N–H and O–H groups in total. The van der Waals surface area contributed by atoms with Gasteiger partial charge in [-0.05, 0) is 32.6 Å². The Kier molecular flexibility index (Phi) is 4.54. The van der Waals surface area contributed by atoms with Crippen molar-refractivity contribution in [1.29, 1.82) is 0 Å². The van der Waals surface area contributed by atoms with Crippen LogP contribution in [0.3, 0.4) is 0 Å². The van der Waals surface area contributed by atoms with Crippen molar-refractivity contribution in [2.45, 2.75) is 51.2 Å². The molecule has 0 spiro atoms. The molecule has 1 heterocycles. The van der Waals surface area contributed by atoms with Crippen molar-refractivity contribution >= 4 is 5.91 Å². The number of ether oxygens (including phenoxy) is 1. The second kappa shape index (κ2) is 5.47. The molecule has 1 saturated heterocycles. The number of aliphatic hydroxyl groups is 1. The van der Waals surface area contributed by atoms with Crippen molar-refractivity contribution in [3.05, 3.63) is 0 Å². The van der Waals surface area contributed by atoms with E-state index < -0.39 is 5.60 Å². The van der Waals surface area contributed by atoms with Gasteiger partial charge in [0.2, 0.25) is 5.91 Å². The maximum absolute atomic E-state index is 11.6. The molecule has 0 aromatic carbocycles. The monoisotopic (exact) mass is 215 g/mol. The minimum atomic E-state index is -0.815. The quantitative estimate of drug-likeness (QED) is 0.730. The molecule has 0 aliphatic carbocycles. The molecule has 0 bridgehead atoms. The molecule has 4 heteroatoms. The van der Waals surface area contributed by atoms with Crippen LogP contribution < -0.4 is 5.32 Å². The molecular weight excluding hydrogens is 194 g/mol. The molecule has 0 aromatic rings. The molecule has 1 aliphatic heterocycles. The summed E-state index contributed by atoms with van der Waals surface area (Å²) in [5.41, 5.74) is -0.815. The number of rotatable bonds is 4. The van der Waals surface area contributed by atoms with Crippen LogP contribution in [0, 0.1) is 0 Å². The van der Waals surface area contributed by atoms with Crippen molar-refractivity contribution in [1.82, 2.24) is 5.32 Å². The van der Waals surface area contributed by atoms with Crippen molar-refractivity contribution in [2.75, 3.05) is 13.2 Å². The van der Waals surface area contributed by atoms with Crippen LogP contribution in [-0.2, 0) is 9.53 Å². The molecule has 0 aromatic heterocycles. The van der Waals surface area contributed by atoms with Gasteiger partial charge in [0.1, 0.15) is 6.10 Å². The SMILES string of the molecule is CCC(C)(O)CNC(=O)C1CCCCO1. The Bertz CT molecular complexity index is 210. The zero-order valence-corrected chi connectivity index (χ0v) is 9.58. The molecule has 1 amide bonds. The first kappa shape index (κ1) is 12.5. The molecule has 0 radical (unpaired) electrons. The molecule has 15 heavy (non-hydrogen) atoms. The third kappa shape index (κ3) is 4.18. The third-order valence-corrected chi connectivity index (χ3v) is 2.88. The molecule has 1 rings (SSSR count). The van der Waals surface area contributed by atoms with Gasteiger partial charge in [-0.2, -0.15) is 0 Å². The maximum atomic E-state index is 11.6. The Labute approximate surface area is 91.0 Å². The standard InChI is InChI=1S/C11H21NO3/c1-3-11(2,14)8-12-10(13)9-6-4-5-7-15-9/h9,14H,3-8H2,1-2H3,(H,12,13). The van der Waals surface area contributed by atoms with Gasteiger partial charge in [0.15, 0.2) is 0 Å². The van der Waals surface area contributed by atoms with E-state index in [4.69, 9.17) is 4.74 Å². The van der Waals surface area contributed by atoms with Crippen LogP contribution in [0.4, 0.5) is 0 Å². The zero-order chi connectivity index (χ0) is 11.3. The lowest BCUT2D eigenvalue weighted by Gasteiger charge is -2.25. The van der Waals surface area contributed by atoms with Gasteiger partial charge >= 0.3 is 0 Å². The molecule has 1 aliphatic rings. The topological polar surface area (TPSA) is 58.6 Å². The molecule has 0 saturated carbocycles. The minimum Gasteiger partial charge on any atom is -0.388 e. The van der Waals surface area contributed by atoms with E-state index in [1.807, 2.05) is 6.92 Å². The van der Waals surface area contributed by atoms with Crippen LogP contribution in [-0.4, -0.2) is 35.9 Å². The van der Waals surface area contributed by atoms with Gasteiger partial charge in [-0.3, -0.25) is 4.79 Å². The lowest BCUT2D eigenvalue weighted by molar-refractivity contribution is -0.136. The largest absolute Gasteiger partial charge is 0.388 e. The summed E-state index contributed by atoms with van der Waals surface area (Å²) in [6.45, 7) is 4.57. The highest BCUT2D eigenvalue weighted by Gasteiger charge is 2.24. The first-order valence-corrected chi connectivity index (χ1v) is 5.67. The summed E-state index contributed by atoms with van der Waals surface area (Å²) in [6.07, 6.45) is 3.18. The van der Waals surface area contributed by atoms with E-state index in [0.29, 0.717) is 19.6 Å². The number of hydrogen-bond acceptors (Lipinski definition) is 3. The summed E-state index contributed by atoms with van der Waals surface area (Å²) in [5.74, 6) is -0.0941.